The van der Waals surface area contributed by atoms with E-state index in [0.717, 1.165) is 0 Å². The monoisotopic (exact) mass is 93.1 g/mol. The topological polar surface area (TPSA) is 12.4 Å². The summed E-state index contributed by atoms with van der Waals surface area (Å²) in [4.78, 5) is 4.08. The van der Waals surface area contributed by atoms with Gasteiger partial charge in [-0.3, -0.25) is 4.99 Å². The minimum absolute atomic E-state index is 0.259. The Bertz CT molecular complexity index is 159. The van der Waals surface area contributed by atoms with Gasteiger partial charge in [0.25, 0.3) is 0 Å². The second kappa shape index (κ2) is 0.683. The van der Waals surface area contributed by atoms with Gasteiger partial charge in [0.2, 0.25) is 0 Å². The summed E-state index contributed by atoms with van der Waals surface area (Å²) in [7, 11) is 0. The molecule has 2 rings (SSSR count). The highest BCUT2D eigenvalue weighted by Crippen LogP contribution is 2.46. The number of aliphatic imine (C=N–C) groups is 1. The first kappa shape index (κ1) is 3.42. The third kappa shape index (κ3) is 0.265. The van der Waals surface area contributed by atoms with Crippen LogP contribution in [0.2, 0.25) is 0 Å². The molecule has 1 atom stereocenters. The van der Waals surface area contributed by atoms with Gasteiger partial charge < -0.3 is 0 Å². The summed E-state index contributed by atoms with van der Waals surface area (Å²) in [6.07, 6.45) is 5.40. The predicted octanol–water partition coefficient (Wildman–Crippen LogP) is 1.16. The number of hydrogen-bond acceptors (Lipinski definition) is 1. The lowest BCUT2D eigenvalue weighted by atomic mass is 10.2. The lowest BCUT2D eigenvalue weighted by Crippen LogP contribution is -1.88. The SMILES string of the molecule is CCC1=C[C@@]12C=N2. The van der Waals surface area contributed by atoms with Crippen LogP contribution in [-0.2, 0) is 0 Å². The highest BCUT2D eigenvalue weighted by molar-refractivity contribution is 5.98. The van der Waals surface area contributed by atoms with Crippen LogP contribution in [0.4, 0.5) is 0 Å². The molecule has 0 N–H and O–H groups in total. The van der Waals surface area contributed by atoms with Crippen LogP contribution in [0.3, 0.4) is 0 Å². The van der Waals surface area contributed by atoms with Crippen LogP contribution in [0, 0.1) is 0 Å². The molecule has 0 saturated carbocycles. The molecule has 1 spiro atoms. The second-order valence-corrected chi connectivity index (χ2v) is 2.11. The van der Waals surface area contributed by atoms with E-state index in [9.17, 15) is 0 Å². The molecule has 1 heterocycles. The van der Waals surface area contributed by atoms with E-state index in [0.29, 0.717) is 0 Å². The molecule has 0 aromatic heterocycles. The molecular weight excluding hydrogens is 86.1 g/mol. The van der Waals surface area contributed by atoms with E-state index in [1.807, 2.05) is 6.21 Å². The molecule has 2 aliphatic rings. The summed E-state index contributed by atoms with van der Waals surface area (Å²) in [5.41, 5.74) is 1.77. The Morgan fingerprint density at radius 1 is 1.86 bits per heavy atom. The van der Waals surface area contributed by atoms with Gasteiger partial charge in [-0.1, -0.05) is 6.92 Å². The minimum Gasteiger partial charge on any atom is -0.273 e. The third-order valence-corrected chi connectivity index (χ3v) is 1.61. The Kier molecular flexibility index (Phi) is 0.333. The fraction of sp³-hybridized carbons (Fsp3) is 0.500. The number of hydrogen-bond donors (Lipinski definition) is 0. The van der Waals surface area contributed by atoms with Gasteiger partial charge in [-0.2, -0.15) is 0 Å². The zero-order valence-electron chi connectivity index (χ0n) is 4.31. The minimum atomic E-state index is 0.259. The molecule has 0 fully saturated rings. The standard InChI is InChI=1S/C6H7N/c1-2-5-3-6(5)4-7-6/h3-4H,2H2,1H3/t6-/m1/s1. The van der Waals surface area contributed by atoms with Gasteiger partial charge in [-0.05, 0) is 18.1 Å². The zero-order valence-corrected chi connectivity index (χ0v) is 4.31. The molecule has 1 aliphatic carbocycles. The van der Waals surface area contributed by atoms with Crippen molar-refractivity contribution in [3.05, 3.63) is 11.6 Å². The summed E-state index contributed by atoms with van der Waals surface area (Å²) in [5, 5.41) is 0. The Balaban J connectivity index is 2.07. The van der Waals surface area contributed by atoms with Crippen molar-refractivity contribution in [2.75, 3.05) is 0 Å². The number of rotatable bonds is 1. The fourth-order valence-electron chi connectivity index (χ4n) is 0.925. The van der Waals surface area contributed by atoms with Gasteiger partial charge in [0.05, 0.1) is 0 Å². The Morgan fingerprint density at radius 2 is 2.57 bits per heavy atom. The Labute approximate surface area is 42.8 Å². The van der Waals surface area contributed by atoms with Crippen LogP contribution in [0.5, 0.6) is 0 Å². The molecular formula is C6H7N. The van der Waals surface area contributed by atoms with Crippen molar-refractivity contribution < 1.29 is 0 Å². The van der Waals surface area contributed by atoms with E-state index in [1.54, 1.807) is 0 Å². The van der Waals surface area contributed by atoms with Gasteiger partial charge in [-0.15, -0.1) is 0 Å². The maximum atomic E-state index is 4.08. The van der Waals surface area contributed by atoms with E-state index in [2.05, 4.69) is 18.0 Å². The van der Waals surface area contributed by atoms with Gasteiger partial charge in [0.15, 0.2) is 0 Å². The average Bonchev–Trinajstić information content (AvgIpc) is 2.52. The molecule has 36 valence electrons. The van der Waals surface area contributed by atoms with Crippen molar-refractivity contribution in [1.82, 2.24) is 0 Å². The molecule has 0 amide bonds. The molecule has 0 aromatic carbocycles. The van der Waals surface area contributed by atoms with Gasteiger partial charge in [0.1, 0.15) is 5.54 Å². The summed E-state index contributed by atoms with van der Waals surface area (Å²) >= 11 is 0. The molecule has 0 bridgehead atoms. The Morgan fingerprint density at radius 3 is 2.71 bits per heavy atom. The molecule has 7 heavy (non-hydrogen) atoms. The summed E-state index contributed by atoms with van der Waals surface area (Å²) in [5.74, 6) is 0. The van der Waals surface area contributed by atoms with Crippen molar-refractivity contribution in [2.45, 2.75) is 18.9 Å². The van der Waals surface area contributed by atoms with E-state index < -0.39 is 0 Å². The fourth-order valence-corrected chi connectivity index (χ4v) is 0.925. The first-order valence-corrected chi connectivity index (χ1v) is 2.66. The summed E-state index contributed by atoms with van der Waals surface area (Å²) < 4.78 is 0. The van der Waals surface area contributed by atoms with Gasteiger partial charge in [-0.25, -0.2) is 0 Å². The largest absolute Gasteiger partial charge is 0.273 e. The maximum absolute atomic E-state index is 4.08. The first-order valence-electron chi connectivity index (χ1n) is 2.66. The maximum Gasteiger partial charge on any atom is 0.135 e. The molecule has 1 heteroatoms. The quantitative estimate of drug-likeness (QED) is 0.431. The normalized spacial score (nSPS) is 41.6. The van der Waals surface area contributed by atoms with Crippen molar-refractivity contribution in [2.24, 2.45) is 4.99 Å². The van der Waals surface area contributed by atoms with E-state index >= 15 is 0 Å². The molecule has 1 aliphatic heterocycles. The van der Waals surface area contributed by atoms with Gasteiger partial charge in [0, 0.05) is 6.21 Å². The van der Waals surface area contributed by atoms with Crippen LogP contribution in [0.1, 0.15) is 13.3 Å². The van der Waals surface area contributed by atoms with E-state index in [-0.39, 0.29) is 5.54 Å². The van der Waals surface area contributed by atoms with Crippen molar-refractivity contribution >= 4 is 6.21 Å². The second-order valence-electron chi connectivity index (χ2n) is 2.11. The molecule has 1 nitrogen and oxygen atoms in total. The smallest absolute Gasteiger partial charge is 0.135 e. The lowest BCUT2D eigenvalue weighted by molar-refractivity contribution is 1.04. The molecule has 0 aromatic rings. The van der Waals surface area contributed by atoms with Crippen LogP contribution >= 0.6 is 0 Å². The van der Waals surface area contributed by atoms with Crippen LogP contribution in [-0.4, -0.2) is 11.8 Å². The summed E-state index contributed by atoms with van der Waals surface area (Å²) in [6.45, 7) is 2.17. The highest BCUT2D eigenvalue weighted by Gasteiger charge is 2.48. The Hall–Kier alpha value is -0.590. The van der Waals surface area contributed by atoms with E-state index in [1.165, 1.54) is 12.0 Å². The predicted molar refractivity (Wildman–Crippen MR) is 29.6 cm³/mol. The third-order valence-electron chi connectivity index (χ3n) is 1.61. The summed E-state index contributed by atoms with van der Waals surface area (Å²) in [6, 6.07) is 0. The van der Waals surface area contributed by atoms with Crippen LogP contribution in [0.15, 0.2) is 16.6 Å². The van der Waals surface area contributed by atoms with Crippen molar-refractivity contribution in [3.8, 4) is 0 Å². The van der Waals surface area contributed by atoms with Crippen molar-refractivity contribution in [3.63, 3.8) is 0 Å². The molecule has 0 radical (unpaired) electrons. The van der Waals surface area contributed by atoms with Crippen LogP contribution < -0.4 is 0 Å². The van der Waals surface area contributed by atoms with Crippen molar-refractivity contribution in [1.29, 1.82) is 0 Å². The number of nitrogens with zero attached hydrogens (tertiary/aromatic N) is 1. The highest BCUT2D eigenvalue weighted by atomic mass is 15.0. The lowest BCUT2D eigenvalue weighted by Gasteiger charge is -1.81. The first-order chi connectivity index (χ1) is 3.37. The molecule has 0 saturated heterocycles. The van der Waals surface area contributed by atoms with Gasteiger partial charge >= 0.3 is 0 Å². The van der Waals surface area contributed by atoms with Crippen LogP contribution in [0.25, 0.3) is 0 Å². The molecule has 0 unspecified atom stereocenters. The average molecular weight is 93.1 g/mol. The zero-order chi connectivity index (χ0) is 4.91. The van der Waals surface area contributed by atoms with E-state index in [4.69, 9.17) is 0 Å².